The summed E-state index contributed by atoms with van der Waals surface area (Å²) in [6, 6.07) is 1.54. The number of furan rings is 1. The second-order valence-corrected chi connectivity index (χ2v) is 7.19. The molecule has 1 aliphatic rings. The number of sulfonamides is 1. The zero-order valence-electron chi connectivity index (χ0n) is 12.5. The summed E-state index contributed by atoms with van der Waals surface area (Å²) in [6.07, 6.45) is 3.07. The van der Waals surface area contributed by atoms with Gasteiger partial charge >= 0.3 is 5.97 Å². The Hall–Kier alpha value is -1.91. The normalized spacial score (nSPS) is 19.0. The zero-order valence-corrected chi connectivity index (χ0v) is 13.4. The minimum Gasteiger partial charge on any atom is -0.480 e. The largest absolute Gasteiger partial charge is 0.480 e. The lowest BCUT2D eigenvalue weighted by Crippen LogP contribution is -2.51. The molecule has 2 rings (SSSR count). The van der Waals surface area contributed by atoms with Gasteiger partial charge in [-0.15, -0.1) is 0 Å². The molecule has 1 N–H and O–H groups in total. The van der Waals surface area contributed by atoms with Crippen molar-refractivity contribution in [3.63, 3.8) is 0 Å². The molecule has 1 aromatic heterocycles. The molecule has 1 aliphatic heterocycles. The first-order valence-corrected chi connectivity index (χ1v) is 8.72. The Bertz CT molecular complexity index is 656. The van der Waals surface area contributed by atoms with E-state index in [-0.39, 0.29) is 25.6 Å². The van der Waals surface area contributed by atoms with E-state index in [1.54, 1.807) is 6.07 Å². The fourth-order valence-electron chi connectivity index (χ4n) is 2.28. The first-order chi connectivity index (χ1) is 10.8. The molecule has 9 nitrogen and oxygen atoms in total. The fraction of sp³-hybridized carbons (Fsp3) is 0.538. The number of rotatable bonds is 6. The second kappa shape index (κ2) is 7.11. The maximum absolute atomic E-state index is 12.3. The molecular formula is C13H18N2O7S. The number of carbonyl (C=O) groups excluding carboxylic acids is 1. The summed E-state index contributed by atoms with van der Waals surface area (Å²) in [6.45, 7) is 0.0293. The molecule has 1 unspecified atom stereocenters. The van der Waals surface area contributed by atoms with Gasteiger partial charge in [0.1, 0.15) is 12.8 Å². The smallest absolute Gasteiger partial charge is 0.318 e. The van der Waals surface area contributed by atoms with Gasteiger partial charge in [0.2, 0.25) is 10.0 Å². The van der Waals surface area contributed by atoms with Crippen LogP contribution >= 0.6 is 0 Å². The monoisotopic (exact) mass is 346 g/mol. The minimum absolute atomic E-state index is 0.125. The highest BCUT2D eigenvalue weighted by Gasteiger charge is 2.30. The maximum Gasteiger partial charge on any atom is 0.318 e. The molecule has 0 aliphatic carbocycles. The van der Waals surface area contributed by atoms with E-state index in [2.05, 4.69) is 0 Å². The third-order valence-corrected chi connectivity index (χ3v) is 4.60. The molecule has 0 spiro atoms. The zero-order chi connectivity index (χ0) is 17.0. The van der Waals surface area contributed by atoms with Crippen LogP contribution in [0.3, 0.4) is 0 Å². The van der Waals surface area contributed by atoms with Crippen LogP contribution in [0.2, 0.25) is 0 Å². The quantitative estimate of drug-likeness (QED) is 0.735. The molecular weight excluding hydrogens is 328 g/mol. The van der Waals surface area contributed by atoms with E-state index in [9.17, 15) is 18.0 Å². The van der Waals surface area contributed by atoms with Crippen molar-refractivity contribution < 1.29 is 32.3 Å². The average molecular weight is 346 g/mol. The summed E-state index contributed by atoms with van der Waals surface area (Å²) in [5.74, 6) is -1.49. The van der Waals surface area contributed by atoms with Crippen molar-refractivity contribution in [3.8, 4) is 0 Å². The summed E-state index contributed by atoms with van der Waals surface area (Å²) in [4.78, 5) is 24.6. The first kappa shape index (κ1) is 17.4. The lowest BCUT2D eigenvalue weighted by Gasteiger charge is -2.34. The number of ether oxygens (including phenoxy) is 1. The molecule has 1 saturated heterocycles. The van der Waals surface area contributed by atoms with Gasteiger partial charge in [-0.2, -0.15) is 4.31 Å². The number of morpholine rings is 1. The van der Waals surface area contributed by atoms with Gasteiger partial charge in [-0.1, -0.05) is 0 Å². The number of nitrogens with zero attached hydrogens (tertiary/aromatic N) is 2. The summed E-state index contributed by atoms with van der Waals surface area (Å²) >= 11 is 0. The standard InChI is InChI=1S/C13H18N2O7S/c1-23(19,20)15(8-12(16)17)7-11-6-14(3-5-22-11)13(18)10-2-4-21-9-10/h2,4,9,11H,3,5-8H2,1H3,(H,16,17). The Morgan fingerprint density at radius 2 is 2.22 bits per heavy atom. The van der Waals surface area contributed by atoms with Crippen molar-refractivity contribution in [1.82, 2.24) is 9.21 Å². The number of hydrogen-bond donors (Lipinski definition) is 1. The summed E-state index contributed by atoms with van der Waals surface area (Å²) in [5, 5.41) is 8.82. The lowest BCUT2D eigenvalue weighted by atomic mass is 10.2. The van der Waals surface area contributed by atoms with Gasteiger partial charge in [-0.25, -0.2) is 8.42 Å². The SMILES string of the molecule is CS(=O)(=O)N(CC(=O)O)CC1CN(C(=O)c2ccoc2)CCO1. The van der Waals surface area contributed by atoms with E-state index in [4.69, 9.17) is 14.3 Å². The molecule has 1 atom stereocenters. The van der Waals surface area contributed by atoms with E-state index in [0.29, 0.717) is 12.1 Å². The number of carbonyl (C=O) groups is 2. The van der Waals surface area contributed by atoms with Gasteiger partial charge in [0.15, 0.2) is 0 Å². The van der Waals surface area contributed by atoms with E-state index < -0.39 is 28.6 Å². The van der Waals surface area contributed by atoms with E-state index in [1.165, 1.54) is 17.4 Å². The molecule has 128 valence electrons. The molecule has 1 fully saturated rings. The van der Waals surface area contributed by atoms with Crippen LogP contribution in [0.25, 0.3) is 0 Å². The molecule has 0 radical (unpaired) electrons. The Labute approximate surface area is 133 Å². The van der Waals surface area contributed by atoms with Crippen LogP contribution in [-0.2, 0) is 19.6 Å². The van der Waals surface area contributed by atoms with Crippen LogP contribution in [0, 0.1) is 0 Å². The van der Waals surface area contributed by atoms with Crippen molar-refractivity contribution in [2.24, 2.45) is 0 Å². The molecule has 0 aromatic carbocycles. The number of amides is 1. The molecule has 0 bridgehead atoms. The Balaban J connectivity index is 2.02. The summed E-state index contributed by atoms with van der Waals surface area (Å²) in [5.41, 5.74) is 0.399. The molecule has 10 heteroatoms. The highest BCUT2D eigenvalue weighted by atomic mass is 32.2. The van der Waals surface area contributed by atoms with Crippen LogP contribution < -0.4 is 0 Å². The van der Waals surface area contributed by atoms with Crippen LogP contribution in [0.15, 0.2) is 23.0 Å². The molecule has 23 heavy (non-hydrogen) atoms. The van der Waals surface area contributed by atoms with E-state index in [1.807, 2.05) is 0 Å². The van der Waals surface area contributed by atoms with Crippen LogP contribution in [0.5, 0.6) is 0 Å². The summed E-state index contributed by atoms with van der Waals surface area (Å²) in [7, 11) is -3.69. The fourth-order valence-corrected chi connectivity index (χ4v) is 3.06. The average Bonchev–Trinajstić information content (AvgIpc) is 2.99. The highest BCUT2D eigenvalue weighted by Crippen LogP contribution is 2.13. The predicted molar refractivity (Wildman–Crippen MR) is 78.4 cm³/mol. The van der Waals surface area contributed by atoms with E-state index in [0.717, 1.165) is 10.6 Å². The van der Waals surface area contributed by atoms with Gasteiger partial charge < -0.3 is 19.2 Å². The third kappa shape index (κ3) is 4.78. The van der Waals surface area contributed by atoms with Crippen molar-refractivity contribution in [3.05, 3.63) is 24.2 Å². The van der Waals surface area contributed by atoms with Crippen molar-refractivity contribution >= 4 is 21.9 Å². The second-order valence-electron chi connectivity index (χ2n) is 5.21. The van der Waals surface area contributed by atoms with Crippen molar-refractivity contribution in [2.75, 3.05) is 39.0 Å². The van der Waals surface area contributed by atoms with Crippen LogP contribution in [-0.4, -0.2) is 79.8 Å². The van der Waals surface area contributed by atoms with Crippen LogP contribution in [0.4, 0.5) is 0 Å². The van der Waals surface area contributed by atoms with Gasteiger partial charge in [-0.3, -0.25) is 9.59 Å². The summed E-state index contributed by atoms with van der Waals surface area (Å²) < 4.78 is 34.5. The Morgan fingerprint density at radius 1 is 1.48 bits per heavy atom. The minimum atomic E-state index is -3.69. The first-order valence-electron chi connectivity index (χ1n) is 6.87. The number of carboxylic acid groups (broad SMARTS) is 1. The highest BCUT2D eigenvalue weighted by molar-refractivity contribution is 7.88. The maximum atomic E-state index is 12.3. The molecule has 1 aromatic rings. The van der Waals surface area contributed by atoms with Crippen molar-refractivity contribution in [2.45, 2.75) is 6.10 Å². The Morgan fingerprint density at radius 3 is 2.78 bits per heavy atom. The Kier molecular flexibility index (Phi) is 5.39. The topological polar surface area (TPSA) is 117 Å². The third-order valence-electron chi connectivity index (χ3n) is 3.38. The van der Waals surface area contributed by atoms with Gasteiger partial charge in [0.05, 0.1) is 30.8 Å². The van der Waals surface area contributed by atoms with Gasteiger partial charge in [-0.05, 0) is 6.07 Å². The van der Waals surface area contributed by atoms with Crippen molar-refractivity contribution in [1.29, 1.82) is 0 Å². The number of hydrogen-bond acceptors (Lipinski definition) is 6. The van der Waals surface area contributed by atoms with Gasteiger partial charge in [0.25, 0.3) is 5.91 Å². The predicted octanol–water partition coefficient (Wildman–Crippen LogP) is -0.533. The van der Waals surface area contributed by atoms with Gasteiger partial charge in [0, 0.05) is 19.6 Å². The number of aliphatic carboxylic acids is 1. The van der Waals surface area contributed by atoms with E-state index >= 15 is 0 Å². The number of carboxylic acids is 1. The lowest BCUT2D eigenvalue weighted by molar-refractivity contribution is -0.137. The molecule has 2 heterocycles. The molecule has 0 saturated carbocycles. The van der Waals surface area contributed by atoms with Crippen LogP contribution in [0.1, 0.15) is 10.4 Å². The molecule has 1 amide bonds.